The predicted octanol–water partition coefficient (Wildman–Crippen LogP) is 3.91. The van der Waals surface area contributed by atoms with Crippen molar-refractivity contribution in [2.24, 2.45) is 0 Å². The molecule has 0 aliphatic heterocycles. The zero-order valence-electron chi connectivity index (χ0n) is 9.81. The lowest BCUT2D eigenvalue weighted by molar-refractivity contribution is 0.264. The molecule has 2 aromatic carbocycles. The van der Waals surface area contributed by atoms with Crippen molar-refractivity contribution < 1.29 is 9.50 Å². The third-order valence-corrected chi connectivity index (χ3v) is 3.35. The fourth-order valence-electron chi connectivity index (χ4n) is 2.03. The summed E-state index contributed by atoms with van der Waals surface area (Å²) < 4.78 is 14.0. The largest absolute Gasteiger partial charge is 0.396 e. The molecule has 94 valence electrons. The molecule has 0 spiro atoms. The lowest BCUT2D eigenvalue weighted by atomic mass is 9.93. The summed E-state index contributed by atoms with van der Waals surface area (Å²) in [6, 6.07) is 14.6. The monoisotopic (exact) mass is 308 g/mol. The molecule has 0 saturated heterocycles. The molecular formula is C15H14BrFO. The second-order valence-corrected chi connectivity index (χ2v) is 5.19. The van der Waals surface area contributed by atoms with Crippen molar-refractivity contribution in [1.82, 2.24) is 0 Å². The SMILES string of the molecule is OCC(Cc1cc(F)cc(Br)c1)c1ccccc1. The van der Waals surface area contributed by atoms with Gasteiger partial charge in [-0.15, -0.1) is 0 Å². The van der Waals surface area contributed by atoms with E-state index in [4.69, 9.17) is 0 Å². The minimum absolute atomic E-state index is 0.0000926. The van der Waals surface area contributed by atoms with Gasteiger partial charge in [0.05, 0.1) is 6.61 Å². The summed E-state index contributed by atoms with van der Waals surface area (Å²) in [5.41, 5.74) is 1.95. The highest BCUT2D eigenvalue weighted by Crippen LogP contribution is 2.23. The van der Waals surface area contributed by atoms with E-state index >= 15 is 0 Å². The van der Waals surface area contributed by atoms with Gasteiger partial charge in [0.25, 0.3) is 0 Å². The van der Waals surface area contributed by atoms with Crippen LogP contribution in [0.3, 0.4) is 0 Å². The molecule has 2 rings (SSSR count). The van der Waals surface area contributed by atoms with E-state index in [0.29, 0.717) is 6.42 Å². The van der Waals surface area contributed by atoms with Crippen LogP contribution in [0.5, 0.6) is 0 Å². The smallest absolute Gasteiger partial charge is 0.124 e. The van der Waals surface area contributed by atoms with Crippen LogP contribution in [-0.2, 0) is 6.42 Å². The maximum absolute atomic E-state index is 13.3. The number of halogens is 2. The molecule has 1 nitrogen and oxygen atoms in total. The third-order valence-electron chi connectivity index (χ3n) is 2.90. The fourth-order valence-corrected chi connectivity index (χ4v) is 2.54. The summed E-state index contributed by atoms with van der Waals surface area (Å²) in [5, 5.41) is 9.47. The Kier molecular flexibility index (Phi) is 4.50. The average molecular weight is 309 g/mol. The molecule has 0 heterocycles. The van der Waals surface area contributed by atoms with Crippen LogP contribution >= 0.6 is 15.9 Å². The highest BCUT2D eigenvalue weighted by atomic mass is 79.9. The van der Waals surface area contributed by atoms with E-state index in [-0.39, 0.29) is 18.3 Å². The Morgan fingerprint density at radius 1 is 1.11 bits per heavy atom. The van der Waals surface area contributed by atoms with Gasteiger partial charge < -0.3 is 5.11 Å². The van der Waals surface area contributed by atoms with E-state index in [2.05, 4.69) is 15.9 Å². The normalized spacial score (nSPS) is 12.4. The second-order valence-electron chi connectivity index (χ2n) is 4.27. The standard InChI is InChI=1S/C15H14BrFO/c16-14-7-11(8-15(17)9-14)6-13(10-18)12-4-2-1-3-5-12/h1-5,7-9,13,18H,6,10H2. The highest BCUT2D eigenvalue weighted by molar-refractivity contribution is 9.10. The molecule has 0 radical (unpaired) electrons. The Bertz CT molecular complexity index is 493. The van der Waals surface area contributed by atoms with Crippen molar-refractivity contribution in [2.45, 2.75) is 12.3 Å². The Labute approximate surface area is 114 Å². The lowest BCUT2D eigenvalue weighted by Gasteiger charge is -2.15. The molecule has 0 bridgehead atoms. The van der Waals surface area contributed by atoms with Crippen molar-refractivity contribution in [3.05, 3.63) is 69.9 Å². The Morgan fingerprint density at radius 2 is 1.83 bits per heavy atom. The van der Waals surface area contributed by atoms with E-state index < -0.39 is 0 Å². The maximum atomic E-state index is 13.3. The van der Waals surface area contributed by atoms with Crippen LogP contribution in [0.1, 0.15) is 17.0 Å². The van der Waals surface area contributed by atoms with Crippen molar-refractivity contribution in [2.75, 3.05) is 6.61 Å². The number of rotatable bonds is 4. The molecule has 0 amide bonds. The van der Waals surface area contributed by atoms with Crippen molar-refractivity contribution in [3.8, 4) is 0 Å². The zero-order valence-corrected chi connectivity index (χ0v) is 11.4. The van der Waals surface area contributed by atoms with E-state index in [1.807, 2.05) is 36.4 Å². The summed E-state index contributed by atoms with van der Waals surface area (Å²) in [6.07, 6.45) is 0.622. The summed E-state index contributed by atoms with van der Waals surface area (Å²) in [7, 11) is 0. The first-order valence-electron chi connectivity index (χ1n) is 5.80. The first-order valence-corrected chi connectivity index (χ1v) is 6.59. The molecule has 0 saturated carbocycles. The Morgan fingerprint density at radius 3 is 2.44 bits per heavy atom. The lowest BCUT2D eigenvalue weighted by Crippen LogP contribution is -2.07. The van der Waals surface area contributed by atoms with Gasteiger partial charge in [-0.05, 0) is 35.7 Å². The topological polar surface area (TPSA) is 20.2 Å². The number of hydrogen-bond acceptors (Lipinski definition) is 1. The van der Waals surface area contributed by atoms with Crippen LogP contribution < -0.4 is 0 Å². The number of benzene rings is 2. The molecular weight excluding hydrogens is 295 g/mol. The molecule has 0 fully saturated rings. The molecule has 0 aromatic heterocycles. The molecule has 1 atom stereocenters. The van der Waals surface area contributed by atoms with Crippen LogP contribution in [0.4, 0.5) is 4.39 Å². The van der Waals surface area contributed by atoms with Gasteiger partial charge >= 0.3 is 0 Å². The summed E-state index contributed by atoms with van der Waals surface area (Å²) in [4.78, 5) is 0. The molecule has 0 aliphatic rings. The molecule has 1 unspecified atom stereocenters. The van der Waals surface area contributed by atoms with E-state index in [1.54, 1.807) is 0 Å². The summed E-state index contributed by atoms with van der Waals surface area (Å²) in [5.74, 6) is -0.260. The van der Waals surface area contributed by atoms with Crippen LogP contribution in [0.2, 0.25) is 0 Å². The van der Waals surface area contributed by atoms with Crippen molar-refractivity contribution in [3.63, 3.8) is 0 Å². The molecule has 0 aliphatic carbocycles. The van der Waals surface area contributed by atoms with Crippen LogP contribution in [0.15, 0.2) is 53.0 Å². The van der Waals surface area contributed by atoms with E-state index in [9.17, 15) is 9.50 Å². The van der Waals surface area contributed by atoms with E-state index in [0.717, 1.165) is 15.6 Å². The second kappa shape index (κ2) is 6.12. The van der Waals surface area contributed by atoms with Gasteiger partial charge in [-0.25, -0.2) is 4.39 Å². The number of hydrogen-bond donors (Lipinski definition) is 1. The Balaban J connectivity index is 2.20. The van der Waals surface area contributed by atoms with Crippen molar-refractivity contribution in [1.29, 1.82) is 0 Å². The highest BCUT2D eigenvalue weighted by Gasteiger charge is 2.12. The minimum Gasteiger partial charge on any atom is -0.396 e. The minimum atomic E-state index is -0.260. The Hall–Kier alpha value is -1.19. The predicted molar refractivity (Wildman–Crippen MR) is 74.1 cm³/mol. The summed E-state index contributed by atoms with van der Waals surface area (Å²) in [6.45, 7) is 0.0537. The average Bonchev–Trinajstić information content (AvgIpc) is 2.36. The first kappa shape index (κ1) is 13.2. The molecule has 2 aromatic rings. The molecule has 3 heteroatoms. The van der Waals surface area contributed by atoms with Crippen LogP contribution in [0, 0.1) is 5.82 Å². The van der Waals surface area contributed by atoms with Gasteiger partial charge in [0.2, 0.25) is 0 Å². The van der Waals surface area contributed by atoms with Gasteiger partial charge in [-0.1, -0.05) is 46.3 Å². The zero-order chi connectivity index (χ0) is 13.0. The van der Waals surface area contributed by atoms with Gasteiger partial charge in [0.1, 0.15) is 5.82 Å². The third kappa shape index (κ3) is 3.40. The number of aliphatic hydroxyl groups is 1. The van der Waals surface area contributed by atoms with Crippen molar-refractivity contribution >= 4 is 15.9 Å². The van der Waals surface area contributed by atoms with Gasteiger partial charge in [0.15, 0.2) is 0 Å². The number of aliphatic hydroxyl groups excluding tert-OH is 1. The maximum Gasteiger partial charge on any atom is 0.124 e. The van der Waals surface area contributed by atoms with Gasteiger partial charge in [0, 0.05) is 10.4 Å². The van der Waals surface area contributed by atoms with Crippen LogP contribution in [0.25, 0.3) is 0 Å². The van der Waals surface area contributed by atoms with Gasteiger partial charge in [-0.3, -0.25) is 0 Å². The van der Waals surface area contributed by atoms with Crippen LogP contribution in [-0.4, -0.2) is 11.7 Å². The molecule has 18 heavy (non-hydrogen) atoms. The molecule has 1 N–H and O–H groups in total. The first-order chi connectivity index (χ1) is 8.69. The van der Waals surface area contributed by atoms with E-state index in [1.165, 1.54) is 12.1 Å². The van der Waals surface area contributed by atoms with Gasteiger partial charge in [-0.2, -0.15) is 0 Å². The fraction of sp³-hybridized carbons (Fsp3) is 0.200. The summed E-state index contributed by atoms with van der Waals surface area (Å²) >= 11 is 3.28. The quantitative estimate of drug-likeness (QED) is 0.908.